The highest BCUT2D eigenvalue weighted by Crippen LogP contribution is 2.18. The first kappa shape index (κ1) is 14.7. The van der Waals surface area contributed by atoms with E-state index in [1.165, 1.54) is 4.90 Å². The van der Waals surface area contributed by atoms with Crippen molar-refractivity contribution in [3.63, 3.8) is 0 Å². The minimum atomic E-state index is -0.727. The molecule has 2 heterocycles. The van der Waals surface area contributed by atoms with Crippen LogP contribution in [0.3, 0.4) is 0 Å². The van der Waals surface area contributed by atoms with E-state index in [1.54, 1.807) is 6.92 Å². The topological polar surface area (TPSA) is 88.3 Å². The van der Waals surface area contributed by atoms with Crippen LogP contribution in [0.25, 0.3) is 0 Å². The predicted octanol–water partition coefficient (Wildman–Crippen LogP) is 0.515. The molecule has 0 N–H and O–H groups in total. The summed E-state index contributed by atoms with van der Waals surface area (Å²) in [6.45, 7) is 4.99. The smallest absolute Gasteiger partial charge is 0.280 e. The summed E-state index contributed by atoms with van der Waals surface area (Å²) in [6, 6.07) is 0. The molecule has 112 valence electrons. The highest BCUT2D eigenvalue weighted by atomic mass is 16.7. The number of nitrogens with zero attached hydrogens (tertiary/aromatic N) is 4. The van der Waals surface area contributed by atoms with Crippen LogP contribution in [0.4, 0.5) is 0 Å². The third-order valence-corrected chi connectivity index (χ3v) is 3.61. The normalized spacial score (nSPS) is 25.2. The van der Waals surface area contributed by atoms with Gasteiger partial charge in [0.2, 0.25) is 5.91 Å². The first-order valence-corrected chi connectivity index (χ1v) is 6.98. The summed E-state index contributed by atoms with van der Waals surface area (Å²) >= 11 is 0. The van der Waals surface area contributed by atoms with Crippen LogP contribution in [0, 0.1) is 16.0 Å². The number of guanidine groups is 1. The fourth-order valence-electron chi connectivity index (χ4n) is 2.62. The monoisotopic (exact) mass is 284 g/mol. The van der Waals surface area contributed by atoms with E-state index < -0.39 is 5.03 Å². The first-order valence-electron chi connectivity index (χ1n) is 6.98. The van der Waals surface area contributed by atoms with Crippen molar-refractivity contribution in [1.29, 1.82) is 0 Å². The molecule has 2 saturated heterocycles. The quantitative estimate of drug-likeness (QED) is 0.554. The molecule has 0 aromatic rings. The van der Waals surface area contributed by atoms with E-state index in [9.17, 15) is 14.9 Å². The van der Waals surface area contributed by atoms with Gasteiger partial charge in [-0.05, 0) is 12.8 Å². The van der Waals surface area contributed by atoms with E-state index in [4.69, 9.17) is 4.74 Å². The number of nitro groups is 1. The molecular formula is C12H20N4O4. The molecule has 2 aliphatic heterocycles. The number of hydrogen-bond donors (Lipinski definition) is 0. The predicted molar refractivity (Wildman–Crippen MR) is 71.5 cm³/mol. The van der Waals surface area contributed by atoms with E-state index in [1.807, 2.05) is 4.90 Å². The van der Waals surface area contributed by atoms with Crippen LogP contribution in [-0.2, 0) is 9.53 Å². The maximum atomic E-state index is 11.9. The Bertz CT molecular complexity index is 406. The Labute approximate surface area is 117 Å². The van der Waals surface area contributed by atoms with Gasteiger partial charge >= 0.3 is 0 Å². The molecule has 20 heavy (non-hydrogen) atoms. The summed E-state index contributed by atoms with van der Waals surface area (Å²) in [6.07, 6.45) is 2.07. The van der Waals surface area contributed by atoms with Crippen LogP contribution in [0.2, 0.25) is 0 Å². The highest BCUT2D eigenvalue weighted by Gasteiger charge is 2.32. The van der Waals surface area contributed by atoms with Crippen molar-refractivity contribution in [2.24, 2.45) is 11.0 Å². The lowest BCUT2D eigenvalue weighted by atomic mass is 10.1. The van der Waals surface area contributed by atoms with Crippen molar-refractivity contribution >= 4 is 11.9 Å². The SMILES string of the molecule is CCC(=O)N1CCCN(CC2CCOC2)/C1=N/[N+](=O)[O-]. The molecule has 8 nitrogen and oxygen atoms in total. The second-order valence-corrected chi connectivity index (χ2v) is 5.07. The molecule has 0 aliphatic carbocycles. The maximum Gasteiger partial charge on any atom is 0.280 e. The Kier molecular flexibility index (Phi) is 4.89. The molecular weight excluding hydrogens is 264 g/mol. The number of hydrazone groups is 1. The van der Waals surface area contributed by atoms with Crippen molar-refractivity contribution in [3.8, 4) is 0 Å². The largest absolute Gasteiger partial charge is 0.381 e. The van der Waals surface area contributed by atoms with Gasteiger partial charge in [0, 0.05) is 38.6 Å². The zero-order valence-electron chi connectivity index (χ0n) is 11.7. The van der Waals surface area contributed by atoms with Gasteiger partial charge in [-0.3, -0.25) is 9.69 Å². The summed E-state index contributed by atoms with van der Waals surface area (Å²) < 4.78 is 5.33. The zero-order valence-corrected chi connectivity index (χ0v) is 11.7. The maximum absolute atomic E-state index is 11.9. The number of carbonyl (C=O) groups excluding carboxylic acids is 1. The van der Waals surface area contributed by atoms with Gasteiger partial charge in [0.15, 0.2) is 5.03 Å². The molecule has 0 bridgehead atoms. The number of carbonyl (C=O) groups is 1. The first-order chi connectivity index (χ1) is 9.61. The standard InChI is InChI=1S/C12H20N4O4/c1-2-11(17)15-6-3-5-14(12(15)13-16(18)19)8-10-4-7-20-9-10/h10H,2-9H2,1H3/b13-12-. The van der Waals surface area contributed by atoms with E-state index >= 15 is 0 Å². The van der Waals surface area contributed by atoms with E-state index in [0.717, 1.165) is 19.4 Å². The fourth-order valence-corrected chi connectivity index (χ4v) is 2.62. The molecule has 2 rings (SSSR count). The lowest BCUT2D eigenvalue weighted by molar-refractivity contribution is -0.486. The molecule has 1 unspecified atom stereocenters. The summed E-state index contributed by atoms with van der Waals surface area (Å²) in [5.74, 6) is 0.404. The van der Waals surface area contributed by atoms with Crippen LogP contribution in [0.15, 0.2) is 5.10 Å². The Morgan fingerprint density at radius 1 is 1.55 bits per heavy atom. The van der Waals surface area contributed by atoms with Gasteiger partial charge in [-0.1, -0.05) is 6.92 Å². The molecule has 0 aromatic carbocycles. The summed E-state index contributed by atoms with van der Waals surface area (Å²) in [5.41, 5.74) is 0. The van der Waals surface area contributed by atoms with E-state index in [0.29, 0.717) is 38.6 Å². The van der Waals surface area contributed by atoms with Gasteiger partial charge in [0.25, 0.3) is 5.96 Å². The molecule has 2 aliphatic rings. The van der Waals surface area contributed by atoms with Gasteiger partial charge in [-0.25, -0.2) is 10.1 Å². The molecule has 0 radical (unpaired) electrons. The zero-order chi connectivity index (χ0) is 14.5. The Hall–Kier alpha value is -1.70. The lowest BCUT2D eigenvalue weighted by Gasteiger charge is -2.36. The fraction of sp³-hybridized carbons (Fsp3) is 0.833. The summed E-state index contributed by atoms with van der Waals surface area (Å²) in [7, 11) is 0. The highest BCUT2D eigenvalue weighted by molar-refractivity contribution is 5.97. The van der Waals surface area contributed by atoms with Crippen molar-refractivity contribution in [1.82, 2.24) is 9.80 Å². The minimum absolute atomic E-state index is 0.127. The minimum Gasteiger partial charge on any atom is -0.381 e. The lowest BCUT2D eigenvalue weighted by Crippen LogP contribution is -2.54. The van der Waals surface area contributed by atoms with Gasteiger partial charge in [0.05, 0.1) is 6.61 Å². The number of amides is 1. The third-order valence-electron chi connectivity index (χ3n) is 3.61. The molecule has 0 saturated carbocycles. The van der Waals surface area contributed by atoms with Crippen LogP contribution in [0.1, 0.15) is 26.2 Å². The van der Waals surface area contributed by atoms with Crippen LogP contribution < -0.4 is 0 Å². The van der Waals surface area contributed by atoms with Crippen molar-refractivity contribution in [2.75, 3.05) is 32.8 Å². The van der Waals surface area contributed by atoms with Gasteiger partial charge in [-0.2, -0.15) is 0 Å². The molecule has 0 spiro atoms. The van der Waals surface area contributed by atoms with Gasteiger partial charge in [0.1, 0.15) is 5.10 Å². The second-order valence-electron chi connectivity index (χ2n) is 5.07. The van der Waals surface area contributed by atoms with Crippen LogP contribution >= 0.6 is 0 Å². The van der Waals surface area contributed by atoms with E-state index in [2.05, 4.69) is 5.10 Å². The van der Waals surface area contributed by atoms with Crippen molar-refractivity contribution in [2.45, 2.75) is 26.2 Å². The average molecular weight is 284 g/mol. The Balaban J connectivity index is 2.14. The molecule has 1 atom stereocenters. The van der Waals surface area contributed by atoms with Crippen molar-refractivity contribution < 1.29 is 14.6 Å². The number of hydrogen-bond acceptors (Lipinski definition) is 4. The molecule has 1 amide bonds. The summed E-state index contributed by atoms with van der Waals surface area (Å²) in [5, 5.41) is 13.4. The van der Waals surface area contributed by atoms with Crippen molar-refractivity contribution in [3.05, 3.63) is 10.1 Å². The van der Waals surface area contributed by atoms with Crippen LogP contribution in [-0.4, -0.2) is 59.5 Å². The number of rotatable bonds is 4. The van der Waals surface area contributed by atoms with Gasteiger partial charge < -0.3 is 9.64 Å². The second kappa shape index (κ2) is 6.65. The molecule has 0 aromatic heterocycles. The van der Waals surface area contributed by atoms with Gasteiger partial charge in [-0.15, -0.1) is 0 Å². The molecule has 2 fully saturated rings. The third kappa shape index (κ3) is 3.44. The average Bonchev–Trinajstić information content (AvgIpc) is 2.92. The molecule has 8 heteroatoms. The Morgan fingerprint density at radius 2 is 2.35 bits per heavy atom. The van der Waals surface area contributed by atoms with Crippen LogP contribution in [0.5, 0.6) is 0 Å². The van der Waals surface area contributed by atoms with E-state index in [-0.39, 0.29) is 11.9 Å². The Morgan fingerprint density at radius 3 is 2.95 bits per heavy atom. The summed E-state index contributed by atoms with van der Waals surface area (Å²) in [4.78, 5) is 25.9. The number of ether oxygens (including phenoxy) is 1.